The van der Waals surface area contributed by atoms with Crippen molar-refractivity contribution in [1.29, 1.82) is 0 Å². The van der Waals surface area contributed by atoms with E-state index in [-0.39, 0.29) is 12.0 Å². The zero-order chi connectivity index (χ0) is 13.7. The number of carboxylic acid groups (broad SMARTS) is 1. The van der Waals surface area contributed by atoms with Crippen LogP contribution in [-0.4, -0.2) is 60.6 Å². The minimum absolute atomic E-state index is 0.161. The van der Waals surface area contributed by atoms with Gasteiger partial charge in [-0.2, -0.15) is 0 Å². The number of carboxylic acids is 1. The van der Waals surface area contributed by atoms with Crippen LogP contribution >= 0.6 is 0 Å². The fraction of sp³-hybridized carbons (Fsp3) is 0.929. The molecule has 1 fully saturated rings. The normalized spacial score (nSPS) is 24.4. The van der Waals surface area contributed by atoms with Crippen LogP contribution in [0.4, 0.5) is 0 Å². The van der Waals surface area contributed by atoms with Crippen molar-refractivity contribution >= 4 is 5.97 Å². The highest BCUT2D eigenvalue weighted by atomic mass is 16.4. The molecule has 4 heteroatoms. The highest BCUT2D eigenvalue weighted by molar-refractivity contribution is 5.71. The first-order valence-electron chi connectivity index (χ1n) is 7.03. The molecule has 4 nitrogen and oxygen atoms in total. The molecular weight excluding hydrogens is 228 g/mol. The van der Waals surface area contributed by atoms with Gasteiger partial charge in [0, 0.05) is 25.7 Å². The van der Waals surface area contributed by atoms with Gasteiger partial charge in [0.15, 0.2) is 0 Å². The Labute approximate surface area is 111 Å². The maximum absolute atomic E-state index is 11.3. The van der Waals surface area contributed by atoms with Crippen LogP contribution in [-0.2, 0) is 4.79 Å². The Morgan fingerprint density at radius 2 is 1.94 bits per heavy atom. The van der Waals surface area contributed by atoms with Crippen molar-refractivity contribution in [3.8, 4) is 0 Å². The molecule has 0 saturated heterocycles. The number of hydrogen-bond acceptors (Lipinski definition) is 3. The van der Waals surface area contributed by atoms with Gasteiger partial charge >= 0.3 is 5.97 Å². The highest BCUT2D eigenvalue weighted by Gasteiger charge is 2.36. The van der Waals surface area contributed by atoms with Crippen LogP contribution < -0.4 is 0 Å². The van der Waals surface area contributed by atoms with Gasteiger partial charge in [0.1, 0.15) is 0 Å². The van der Waals surface area contributed by atoms with Gasteiger partial charge in [-0.25, -0.2) is 0 Å². The molecule has 1 aliphatic carbocycles. The van der Waals surface area contributed by atoms with E-state index >= 15 is 0 Å². The molecule has 0 radical (unpaired) electrons. The van der Waals surface area contributed by atoms with Gasteiger partial charge in [0.2, 0.25) is 0 Å². The Morgan fingerprint density at radius 3 is 2.44 bits per heavy atom. The molecule has 0 aromatic rings. The number of nitrogens with zero attached hydrogens (tertiary/aromatic N) is 2. The van der Waals surface area contributed by atoms with Crippen molar-refractivity contribution in [2.75, 3.05) is 33.7 Å². The zero-order valence-electron chi connectivity index (χ0n) is 12.2. The van der Waals surface area contributed by atoms with Crippen LogP contribution in [0.25, 0.3) is 0 Å². The van der Waals surface area contributed by atoms with Crippen molar-refractivity contribution in [3.63, 3.8) is 0 Å². The second-order valence-corrected chi connectivity index (χ2v) is 6.14. The van der Waals surface area contributed by atoms with E-state index in [0.717, 1.165) is 38.9 Å². The summed E-state index contributed by atoms with van der Waals surface area (Å²) in [6, 6.07) is 0.241. The summed E-state index contributed by atoms with van der Waals surface area (Å²) in [7, 11) is 4.13. The van der Waals surface area contributed by atoms with E-state index in [0.29, 0.717) is 5.92 Å². The standard InChI is InChI=1S/C14H28N2O2/c1-11(2)10-16(9-8-15(3)4)13-7-5-6-12(13)14(17)18/h11-13H,5-10H2,1-4H3,(H,17,18). The monoisotopic (exact) mass is 256 g/mol. The molecule has 0 aromatic carbocycles. The first-order chi connectivity index (χ1) is 8.41. The SMILES string of the molecule is CC(C)CN(CCN(C)C)C1CCCC1C(=O)O. The summed E-state index contributed by atoms with van der Waals surface area (Å²) in [5, 5.41) is 9.31. The minimum atomic E-state index is -0.615. The summed E-state index contributed by atoms with van der Waals surface area (Å²) >= 11 is 0. The summed E-state index contributed by atoms with van der Waals surface area (Å²) in [6.45, 7) is 7.37. The smallest absolute Gasteiger partial charge is 0.308 e. The van der Waals surface area contributed by atoms with Gasteiger partial charge in [-0.3, -0.25) is 9.69 Å². The molecule has 1 N–H and O–H groups in total. The van der Waals surface area contributed by atoms with Gasteiger partial charge in [-0.1, -0.05) is 20.3 Å². The Kier molecular flexibility index (Phi) is 6.09. The maximum Gasteiger partial charge on any atom is 0.308 e. The van der Waals surface area contributed by atoms with E-state index in [4.69, 9.17) is 0 Å². The van der Waals surface area contributed by atoms with Crippen LogP contribution in [0.3, 0.4) is 0 Å². The quantitative estimate of drug-likeness (QED) is 0.754. The molecule has 0 spiro atoms. The summed E-state index contributed by atoms with van der Waals surface area (Å²) in [4.78, 5) is 15.9. The molecule has 1 rings (SSSR count). The molecule has 0 bridgehead atoms. The Morgan fingerprint density at radius 1 is 1.28 bits per heavy atom. The van der Waals surface area contributed by atoms with Gasteiger partial charge in [0.25, 0.3) is 0 Å². The summed E-state index contributed by atoms with van der Waals surface area (Å²) in [5.41, 5.74) is 0. The first-order valence-corrected chi connectivity index (χ1v) is 7.03. The Hall–Kier alpha value is -0.610. The van der Waals surface area contributed by atoms with Crippen LogP contribution in [0.2, 0.25) is 0 Å². The number of carbonyl (C=O) groups is 1. The predicted octanol–water partition coefficient (Wildman–Crippen LogP) is 1.76. The summed E-state index contributed by atoms with van der Waals surface area (Å²) in [5.74, 6) is -0.191. The molecule has 1 aliphatic rings. The first kappa shape index (κ1) is 15.4. The Bertz CT molecular complexity index is 267. The van der Waals surface area contributed by atoms with Crippen molar-refractivity contribution in [2.24, 2.45) is 11.8 Å². The molecule has 2 atom stereocenters. The van der Waals surface area contributed by atoms with Crippen LogP contribution in [0, 0.1) is 11.8 Å². The molecule has 2 unspecified atom stereocenters. The summed E-state index contributed by atoms with van der Waals surface area (Å²) in [6.07, 6.45) is 2.94. The number of likely N-dealkylation sites (N-methyl/N-ethyl adjacent to an activating group) is 1. The number of hydrogen-bond donors (Lipinski definition) is 1. The van der Waals surface area contributed by atoms with Crippen molar-refractivity contribution in [3.05, 3.63) is 0 Å². The Balaban J connectivity index is 2.65. The molecule has 18 heavy (non-hydrogen) atoms. The van der Waals surface area contributed by atoms with Crippen LogP contribution in [0.5, 0.6) is 0 Å². The zero-order valence-corrected chi connectivity index (χ0v) is 12.2. The lowest BCUT2D eigenvalue weighted by Crippen LogP contribution is -2.45. The lowest BCUT2D eigenvalue weighted by molar-refractivity contribution is -0.143. The van der Waals surface area contributed by atoms with Crippen molar-refractivity contribution in [1.82, 2.24) is 9.80 Å². The topological polar surface area (TPSA) is 43.8 Å². The second kappa shape index (κ2) is 7.10. The molecular formula is C14H28N2O2. The minimum Gasteiger partial charge on any atom is -0.481 e. The molecule has 0 aromatic heterocycles. The largest absolute Gasteiger partial charge is 0.481 e. The van der Waals surface area contributed by atoms with E-state index in [1.807, 2.05) is 0 Å². The second-order valence-electron chi connectivity index (χ2n) is 6.14. The maximum atomic E-state index is 11.3. The van der Waals surface area contributed by atoms with E-state index in [1.165, 1.54) is 0 Å². The van der Waals surface area contributed by atoms with Gasteiger partial charge < -0.3 is 10.0 Å². The van der Waals surface area contributed by atoms with Gasteiger partial charge in [0.05, 0.1) is 5.92 Å². The molecule has 0 aliphatic heterocycles. The summed E-state index contributed by atoms with van der Waals surface area (Å²) < 4.78 is 0. The van der Waals surface area contributed by atoms with Gasteiger partial charge in [-0.05, 0) is 32.9 Å². The molecule has 106 valence electrons. The number of aliphatic carboxylic acids is 1. The van der Waals surface area contributed by atoms with E-state index in [9.17, 15) is 9.90 Å². The van der Waals surface area contributed by atoms with E-state index in [1.54, 1.807) is 0 Å². The fourth-order valence-corrected chi connectivity index (χ4v) is 2.86. The predicted molar refractivity (Wildman–Crippen MR) is 73.7 cm³/mol. The lowest BCUT2D eigenvalue weighted by atomic mass is 10.0. The van der Waals surface area contributed by atoms with Crippen molar-refractivity contribution in [2.45, 2.75) is 39.2 Å². The van der Waals surface area contributed by atoms with E-state index < -0.39 is 5.97 Å². The average molecular weight is 256 g/mol. The fourth-order valence-electron chi connectivity index (χ4n) is 2.86. The highest BCUT2D eigenvalue weighted by Crippen LogP contribution is 2.30. The third-order valence-electron chi connectivity index (χ3n) is 3.70. The van der Waals surface area contributed by atoms with Gasteiger partial charge in [-0.15, -0.1) is 0 Å². The van der Waals surface area contributed by atoms with E-state index in [2.05, 4.69) is 37.7 Å². The van der Waals surface area contributed by atoms with Crippen molar-refractivity contribution < 1.29 is 9.90 Å². The molecule has 0 amide bonds. The third-order valence-corrected chi connectivity index (χ3v) is 3.70. The molecule has 0 heterocycles. The third kappa shape index (κ3) is 4.58. The van der Waals surface area contributed by atoms with Crippen LogP contribution in [0.1, 0.15) is 33.1 Å². The number of rotatable bonds is 7. The lowest BCUT2D eigenvalue weighted by Gasteiger charge is -2.33. The van der Waals surface area contributed by atoms with Crippen LogP contribution in [0.15, 0.2) is 0 Å². The average Bonchev–Trinajstić information content (AvgIpc) is 2.72. The molecule has 1 saturated carbocycles.